The van der Waals surface area contributed by atoms with E-state index in [2.05, 4.69) is 32.2 Å². The molecule has 0 bridgehead atoms. The largest absolute Gasteiger partial charge is 0.326 e. The maximum Gasteiger partial charge on any atom is 0.224 e. The van der Waals surface area contributed by atoms with Gasteiger partial charge in [0.2, 0.25) is 5.91 Å². The third-order valence-electron chi connectivity index (χ3n) is 3.18. The summed E-state index contributed by atoms with van der Waals surface area (Å²) in [6.07, 6.45) is 2.33. The number of amides is 1. The van der Waals surface area contributed by atoms with Crippen molar-refractivity contribution in [2.75, 3.05) is 5.32 Å². The Morgan fingerprint density at radius 2 is 2.06 bits per heavy atom. The highest BCUT2D eigenvalue weighted by molar-refractivity contribution is 6.20. The smallest absolute Gasteiger partial charge is 0.224 e. The molecule has 1 amide bonds. The molecule has 1 aromatic rings. The van der Waals surface area contributed by atoms with Crippen LogP contribution in [0.3, 0.4) is 0 Å². The molecule has 0 saturated carbocycles. The number of nitrogens with one attached hydrogen (secondary N) is 1. The number of halogens is 1. The van der Waals surface area contributed by atoms with Crippen LogP contribution in [0.2, 0.25) is 0 Å². The highest BCUT2D eigenvalue weighted by atomic mass is 35.5. The van der Waals surface area contributed by atoms with Crippen molar-refractivity contribution in [3.63, 3.8) is 0 Å². The first-order valence-corrected chi connectivity index (χ1v) is 6.85. The molecule has 3 heteroatoms. The predicted molar refractivity (Wildman–Crippen MR) is 76.1 cm³/mol. The molecule has 0 spiro atoms. The number of benzene rings is 1. The zero-order valence-corrected chi connectivity index (χ0v) is 12.0. The summed E-state index contributed by atoms with van der Waals surface area (Å²) in [7, 11) is 0. The predicted octanol–water partition coefficient (Wildman–Crippen LogP) is 4.29. The lowest BCUT2D eigenvalue weighted by molar-refractivity contribution is -0.116. The first-order valence-electron chi connectivity index (χ1n) is 6.42. The Bertz CT molecular complexity index is 462. The van der Waals surface area contributed by atoms with Gasteiger partial charge in [0.25, 0.3) is 0 Å². The van der Waals surface area contributed by atoms with Gasteiger partial charge in [0.1, 0.15) is 0 Å². The molecule has 18 heavy (non-hydrogen) atoms. The summed E-state index contributed by atoms with van der Waals surface area (Å²) < 4.78 is 0. The number of carbonyl (C=O) groups excluding carboxylic acids is 1. The topological polar surface area (TPSA) is 29.1 Å². The Balaban J connectivity index is 2.18. The fourth-order valence-electron chi connectivity index (χ4n) is 2.25. The molecule has 2 nitrogen and oxygen atoms in total. The van der Waals surface area contributed by atoms with Crippen LogP contribution in [0.25, 0.3) is 0 Å². The van der Waals surface area contributed by atoms with E-state index in [0.29, 0.717) is 6.42 Å². The lowest BCUT2D eigenvalue weighted by atomic mass is 9.87. The molecule has 1 unspecified atom stereocenters. The van der Waals surface area contributed by atoms with Crippen molar-refractivity contribution < 1.29 is 4.79 Å². The fraction of sp³-hybridized carbons (Fsp3) is 0.533. The summed E-state index contributed by atoms with van der Waals surface area (Å²) in [5.74, 6) is 0.104. The maximum absolute atomic E-state index is 11.3. The Morgan fingerprint density at radius 3 is 2.72 bits per heavy atom. The molecule has 1 atom stereocenters. The minimum absolute atomic E-state index is 0.0351. The van der Waals surface area contributed by atoms with Gasteiger partial charge in [-0.2, -0.15) is 0 Å². The highest BCUT2D eigenvalue weighted by Gasteiger charge is 2.20. The van der Waals surface area contributed by atoms with Gasteiger partial charge >= 0.3 is 0 Å². The summed E-state index contributed by atoms with van der Waals surface area (Å²) >= 11 is 6.47. The van der Waals surface area contributed by atoms with Crippen LogP contribution in [0.5, 0.6) is 0 Å². The summed E-state index contributed by atoms with van der Waals surface area (Å²) in [6.45, 7) is 6.59. The van der Waals surface area contributed by atoms with Crippen LogP contribution < -0.4 is 5.32 Å². The van der Waals surface area contributed by atoms with Crippen LogP contribution in [-0.2, 0) is 11.2 Å². The molecule has 98 valence electrons. The highest BCUT2D eigenvalue weighted by Crippen LogP contribution is 2.36. The standard InChI is InChI=1S/C15H20ClNO/c1-15(2,3)9-12(16)10-4-6-13-11(8-10)5-7-14(18)17-13/h4,6,8,12H,5,7,9H2,1-3H3,(H,17,18). The van der Waals surface area contributed by atoms with Gasteiger partial charge < -0.3 is 5.32 Å². The van der Waals surface area contributed by atoms with Gasteiger partial charge in [-0.3, -0.25) is 4.79 Å². The van der Waals surface area contributed by atoms with Crippen LogP contribution in [0.15, 0.2) is 18.2 Å². The third kappa shape index (κ3) is 3.26. The molecule has 1 heterocycles. The first-order chi connectivity index (χ1) is 8.35. The first kappa shape index (κ1) is 13.4. The average Bonchev–Trinajstić information content (AvgIpc) is 2.26. The maximum atomic E-state index is 11.3. The van der Waals surface area contributed by atoms with E-state index in [-0.39, 0.29) is 16.7 Å². The van der Waals surface area contributed by atoms with Crippen LogP contribution in [0.4, 0.5) is 5.69 Å². The van der Waals surface area contributed by atoms with Crippen molar-refractivity contribution >= 4 is 23.2 Å². The molecule has 0 aromatic heterocycles. The van der Waals surface area contributed by atoms with E-state index < -0.39 is 0 Å². The molecular formula is C15H20ClNO. The van der Waals surface area contributed by atoms with Crippen molar-refractivity contribution in [1.82, 2.24) is 0 Å². The van der Waals surface area contributed by atoms with Gasteiger partial charge in [0, 0.05) is 12.1 Å². The van der Waals surface area contributed by atoms with Crippen LogP contribution in [-0.4, -0.2) is 5.91 Å². The number of rotatable bonds is 2. The van der Waals surface area contributed by atoms with E-state index >= 15 is 0 Å². The second kappa shape index (κ2) is 4.93. The molecular weight excluding hydrogens is 246 g/mol. The van der Waals surface area contributed by atoms with E-state index in [1.54, 1.807) is 0 Å². The Hall–Kier alpha value is -1.02. The van der Waals surface area contributed by atoms with E-state index in [1.807, 2.05) is 12.1 Å². The van der Waals surface area contributed by atoms with Crippen molar-refractivity contribution in [1.29, 1.82) is 0 Å². The number of hydrogen-bond acceptors (Lipinski definition) is 1. The number of hydrogen-bond donors (Lipinski definition) is 1. The van der Waals surface area contributed by atoms with E-state index in [1.165, 1.54) is 5.56 Å². The number of alkyl halides is 1. The molecule has 0 radical (unpaired) electrons. The van der Waals surface area contributed by atoms with Gasteiger partial charge in [-0.05, 0) is 35.4 Å². The fourth-order valence-corrected chi connectivity index (χ4v) is 2.85. The molecule has 1 aliphatic rings. The van der Waals surface area contributed by atoms with Gasteiger partial charge in [-0.1, -0.05) is 32.9 Å². The van der Waals surface area contributed by atoms with Crippen molar-refractivity contribution in [2.24, 2.45) is 5.41 Å². The minimum Gasteiger partial charge on any atom is -0.326 e. The Kier molecular flexibility index (Phi) is 3.67. The van der Waals surface area contributed by atoms with E-state index in [0.717, 1.165) is 24.1 Å². The summed E-state index contributed by atoms with van der Waals surface area (Å²) in [5, 5.41) is 2.93. The van der Waals surface area contributed by atoms with Crippen molar-refractivity contribution in [3.8, 4) is 0 Å². The minimum atomic E-state index is 0.0351. The van der Waals surface area contributed by atoms with Gasteiger partial charge in [-0.25, -0.2) is 0 Å². The van der Waals surface area contributed by atoms with E-state index in [9.17, 15) is 4.79 Å². The molecule has 0 fully saturated rings. The summed E-state index contributed by atoms with van der Waals surface area (Å²) in [6, 6.07) is 6.13. The molecule has 0 saturated heterocycles. The monoisotopic (exact) mass is 265 g/mol. The van der Waals surface area contributed by atoms with Crippen LogP contribution in [0, 0.1) is 5.41 Å². The molecule has 0 aliphatic carbocycles. The lowest BCUT2D eigenvalue weighted by Gasteiger charge is -2.24. The normalized spacial score (nSPS) is 17.0. The van der Waals surface area contributed by atoms with E-state index in [4.69, 9.17) is 11.6 Å². The quantitative estimate of drug-likeness (QED) is 0.794. The van der Waals surface area contributed by atoms with Crippen molar-refractivity contribution in [2.45, 2.75) is 45.4 Å². The number of aryl methyl sites for hydroxylation is 1. The third-order valence-corrected chi connectivity index (χ3v) is 3.58. The van der Waals surface area contributed by atoms with Crippen LogP contribution in [0.1, 0.15) is 50.1 Å². The SMILES string of the molecule is CC(C)(C)CC(Cl)c1ccc2c(c1)CCC(=O)N2. The zero-order chi connectivity index (χ0) is 13.3. The Labute approximate surface area is 114 Å². The number of fused-ring (bicyclic) bond motifs is 1. The van der Waals surface area contributed by atoms with Gasteiger partial charge in [-0.15, -0.1) is 11.6 Å². The molecule has 1 aromatic carbocycles. The molecule has 1 aliphatic heterocycles. The average molecular weight is 266 g/mol. The summed E-state index contributed by atoms with van der Waals surface area (Å²) in [5.41, 5.74) is 3.51. The van der Waals surface area contributed by atoms with Gasteiger partial charge in [0.15, 0.2) is 0 Å². The van der Waals surface area contributed by atoms with Crippen molar-refractivity contribution in [3.05, 3.63) is 29.3 Å². The summed E-state index contributed by atoms with van der Waals surface area (Å²) in [4.78, 5) is 11.3. The number of anilines is 1. The second-order valence-electron chi connectivity index (χ2n) is 6.20. The Morgan fingerprint density at radius 1 is 1.33 bits per heavy atom. The van der Waals surface area contributed by atoms with Gasteiger partial charge in [0.05, 0.1) is 5.38 Å². The molecule has 2 rings (SSSR count). The lowest BCUT2D eigenvalue weighted by Crippen LogP contribution is -2.19. The number of carbonyl (C=O) groups is 1. The van der Waals surface area contributed by atoms with Crippen LogP contribution >= 0.6 is 11.6 Å². The second-order valence-corrected chi connectivity index (χ2v) is 6.72. The zero-order valence-electron chi connectivity index (χ0n) is 11.2. The molecule has 1 N–H and O–H groups in total.